The highest BCUT2D eigenvalue weighted by Crippen LogP contribution is 2.31. The van der Waals surface area contributed by atoms with E-state index in [1.54, 1.807) is 0 Å². The highest BCUT2D eigenvalue weighted by Gasteiger charge is 2.28. The van der Waals surface area contributed by atoms with Gasteiger partial charge in [0.2, 0.25) is 0 Å². The van der Waals surface area contributed by atoms with Crippen molar-refractivity contribution in [1.82, 2.24) is 0 Å². The molecule has 0 spiro atoms. The van der Waals surface area contributed by atoms with Crippen LogP contribution in [0.2, 0.25) is 0 Å². The second-order valence-corrected chi connectivity index (χ2v) is 4.58. The third-order valence-electron chi connectivity index (χ3n) is 3.21. The van der Waals surface area contributed by atoms with Gasteiger partial charge in [-0.05, 0) is 32.6 Å². The Kier molecular flexibility index (Phi) is 5.09. The van der Waals surface area contributed by atoms with Gasteiger partial charge in [0.05, 0.1) is 6.61 Å². The van der Waals surface area contributed by atoms with Gasteiger partial charge in [-0.15, -0.1) is 0 Å². The van der Waals surface area contributed by atoms with Crippen LogP contribution in [0.1, 0.15) is 58.3 Å². The van der Waals surface area contributed by atoms with Gasteiger partial charge in [0.25, 0.3) is 0 Å². The molecular formula is C12H23NO2. The molecule has 0 heterocycles. The van der Waals surface area contributed by atoms with E-state index in [2.05, 4.69) is 0 Å². The molecule has 15 heavy (non-hydrogen) atoms. The molecule has 0 radical (unpaired) electrons. The minimum absolute atomic E-state index is 0.0741. The van der Waals surface area contributed by atoms with Gasteiger partial charge in [0, 0.05) is 12.0 Å². The summed E-state index contributed by atoms with van der Waals surface area (Å²) >= 11 is 0. The van der Waals surface area contributed by atoms with E-state index in [1.165, 1.54) is 12.8 Å². The quantitative estimate of drug-likeness (QED) is 0.544. The standard InChI is InChI=1S/C12H23NO2/c1-2-15-11(14)7-3-4-8-12(13)9-5-6-10-12/h2-10,13H2,1H3. The number of carbonyl (C=O) groups is 1. The van der Waals surface area contributed by atoms with Gasteiger partial charge in [0.15, 0.2) is 0 Å². The Hall–Kier alpha value is -0.570. The predicted octanol–water partition coefficient (Wildman–Crippen LogP) is 2.38. The number of carbonyl (C=O) groups excluding carboxylic acids is 1. The van der Waals surface area contributed by atoms with Crippen molar-refractivity contribution in [2.45, 2.75) is 63.8 Å². The fourth-order valence-electron chi connectivity index (χ4n) is 2.31. The molecule has 1 saturated carbocycles. The fraction of sp³-hybridized carbons (Fsp3) is 0.917. The Morgan fingerprint density at radius 2 is 2.00 bits per heavy atom. The monoisotopic (exact) mass is 213 g/mol. The average molecular weight is 213 g/mol. The minimum atomic E-state index is -0.0741. The van der Waals surface area contributed by atoms with E-state index in [4.69, 9.17) is 10.5 Å². The molecule has 0 bridgehead atoms. The lowest BCUT2D eigenvalue weighted by Gasteiger charge is -2.23. The Morgan fingerprint density at radius 1 is 1.33 bits per heavy atom. The Morgan fingerprint density at radius 3 is 2.60 bits per heavy atom. The van der Waals surface area contributed by atoms with Crippen molar-refractivity contribution in [3.8, 4) is 0 Å². The van der Waals surface area contributed by atoms with Crippen LogP contribution in [0.25, 0.3) is 0 Å². The van der Waals surface area contributed by atoms with Gasteiger partial charge in [-0.1, -0.05) is 19.3 Å². The third kappa shape index (κ3) is 4.65. The SMILES string of the molecule is CCOC(=O)CCCCC1(N)CCCC1. The van der Waals surface area contributed by atoms with Crippen LogP contribution >= 0.6 is 0 Å². The summed E-state index contributed by atoms with van der Waals surface area (Å²) in [5.41, 5.74) is 6.30. The van der Waals surface area contributed by atoms with Crippen molar-refractivity contribution in [3.05, 3.63) is 0 Å². The smallest absolute Gasteiger partial charge is 0.305 e. The second kappa shape index (κ2) is 6.11. The highest BCUT2D eigenvalue weighted by molar-refractivity contribution is 5.69. The van der Waals surface area contributed by atoms with E-state index in [-0.39, 0.29) is 11.5 Å². The van der Waals surface area contributed by atoms with Gasteiger partial charge < -0.3 is 10.5 Å². The van der Waals surface area contributed by atoms with Gasteiger partial charge in [-0.3, -0.25) is 4.79 Å². The Labute approximate surface area is 92.4 Å². The van der Waals surface area contributed by atoms with E-state index in [1.807, 2.05) is 6.92 Å². The van der Waals surface area contributed by atoms with Crippen LogP contribution in [-0.4, -0.2) is 18.1 Å². The van der Waals surface area contributed by atoms with Crippen LogP contribution < -0.4 is 5.73 Å². The average Bonchev–Trinajstić information content (AvgIpc) is 2.61. The summed E-state index contributed by atoms with van der Waals surface area (Å²) in [4.78, 5) is 11.1. The van der Waals surface area contributed by atoms with Crippen molar-refractivity contribution in [3.63, 3.8) is 0 Å². The number of hydrogen-bond acceptors (Lipinski definition) is 3. The molecule has 3 nitrogen and oxygen atoms in total. The molecule has 0 aromatic carbocycles. The maximum Gasteiger partial charge on any atom is 0.305 e. The largest absolute Gasteiger partial charge is 0.466 e. The van der Waals surface area contributed by atoms with Crippen LogP contribution in [0, 0.1) is 0 Å². The molecule has 0 amide bonds. The molecule has 0 aromatic heterocycles. The first kappa shape index (κ1) is 12.5. The van der Waals surface area contributed by atoms with Crippen LogP contribution in [-0.2, 0) is 9.53 Å². The Balaban J connectivity index is 2.03. The van der Waals surface area contributed by atoms with Crippen LogP contribution in [0.3, 0.4) is 0 Å². The minimum Gasteiger partial charge on any atom is -0.466 e. The van der Waals surface area contributed by atoms with Crippen molar-refractivity contribution in [1.29, 1.82) is 0 Å². The molecule has 0 aromatic rings. The fourth-order valence-corrected chi connectivity index (χ4v) is 2.31. The molecular weight excluding hydrogens is 190 g/mol. The van der Waals surface area contributed by atoms with Crippen LogP contribution in [0.4, 0.5) is 0 Å². The zero-order valence-corrected chi connectivity index (χ0v) is 9.76. The van der Waals surface area contributed by atoms with Crippen LogP contribution in [0.15, 0.2) is 0 Å². The molecule has 1 rings (SSSR count). The van der Waals surface area contributed by atoms with Crippen molar-refractivity contribution < 1.29 is 9.53 Å². The molecule has 0 aliphatic heterocycles. The summed E-state index contributed by atoms with van der Waals surface area (Å²) in [6.45, 7) is 2.32. The molecule has 1 fully saturated rings. The van der Waals surface area contributed by atoms with E-state index >= 15 is 0 Å². The van der Waals surface area contributed by atoms with E-state index < -0.39 is 0 Å². The van der Waals surface area contributed by atoms with Gasteiger partial charge in [-0.25, -0.2) is 0 Å². The van der Waals surface area contributed by atoms with Crippen LogP contribution in [0.5, 0.6) is 0 Å². The maximum atomic E-state index is 11.1. The lowest BCUT2D eigenvalue weighted by Crippen LogP contribution is -2.36. The van der Waals surface area contributed by atoms with E-state index in [0.717, 1.165) is 32.1 Å². The topological polar surface area (TPSA) is 52.3 Å². The number of nitrogens with two attached hydrogens (primary N) is 1. The normalized spacial score (nSPS) is 19.1. The molecule has 1 aliphatic rings. The molecule has 3 heteroatoms. The lowest BCUT2D eigenvalue weighted by atomic mass is 9.92. The molecule has 1 aliphatic carbocycles. The zero-order valence-electron chi connectivity index (χ0n) is 9.76. The second-order valence-electron chi connectivity index (χ2n) is 4.58. The Bertz CT molecular complexity index is 198. The summed E-state index contributed by atoms with van der Waals surface area (Å²) in [6.07, 6.45) is 8.44. The number of ether oxygens (including phenoxy) is 1. The first-order valence-corrected chi connectivity index (χ1v) is 6.11. The van der Waals surface area contributed by atoms with Crippen molar-refractivity contribution in [2.75, 3.05) is 6.61 Å². The lowest BCUT2D eigenvalue weighted by molar-refractivity contribution is -0.143. The summed E-state index contributed by atoms with van der Waals surface area (Å²) in [5.74, 6) is -0.0741. The molecule has 2 N–H and O–H groups in total. The predicted molar refractivity (Wildman–Crippen MR) is 60.5 cm³/mol. The van der Waals surface area contributed by atoms with Gasteiger partial charge in [-0.2, -0.15) is 0 Å². The summed E-state index contributed by atoms with van der Waals surface area (Å²) < 4.78 is 4.87. The highest BCUT2D eigenvalue weighted by atomic mass is 16.5. The number of rotatable bonds is 6. The summed E-state index contributed by atoms with van der Waals surface area (Å²) in [6, 6.07) is 0. The summed E-state index contributed by atoms with van der Waals surface area (Å²) in [7, 11) is 0. The van der Waals surface area contributed by atoms with Crippen molar-refractivity contribution >= 4 is 5.97 Å². The third-order valence-corrected chi connectivity index (χ3v) is 3.21. The van der Waals surface area contributed by atoms with E-state index in [0.29, 0.717) is 13.0 Å². The molecule has 0 atom stereocenters. The molecule has 0 saturated heterocycles. The first-order valence-electron chi connectivity index (χ1n) is 6.11. The zero-order chi connectivity index (χ0) is 11.1. The number of unbranched alkanes of at least 4 members (excludes halogenated alkanes) is 1. The maximum absolute atomic E-state index is 11.1. The van der Waals surface area contributed by atoms with E-state index in [9.17, 15) is 4.79 Å². The summed E-state index contributed by atoms with van der Waals surface area (Å²) in [5, 5.41) is 0. The van der Waals surface area contributed by atoms with Gasteiger partial charge >= 0.3 is 5.97 Å². The van der Waals surface area contributed by atoms with Crippen molar-refractivity contribution in [2.24, 2.45) is 5.73 Å². The first-order chi connectivity index (χ1) is 7.16. The number of hydrogen-bond donors (Lipinski definition) is 1. The molecule has 88 valence electrons. The molecule has 0 unspecified atom stereocenters. The number of esters is 1. The van der Waals surface area contributed by atoms with Gasteiger partial charge in [0.1, 0.15) is 0 Å².